The van der Waals surface area contributed by atoms with Gasteiger partial charge in [-0.15, -0.1) is 0 Å². The van der Waals surface area contributed by atoms with Crippen LogP contribution in [0.4, 0.5) is 5.69 Å². The minimum absolute atomic E-state index is 0.119. The van der Waals surface area contributed by atoms with Crippen LogP contribution in [0.1, 0.15) is 33.7 Å². The van der Waals surface area contributed by atoms with Gasteiger partial charge in [0.05, 0.1) is 17.6 Å². The van der Waals surface area contributed by atoms with Crippen LogP contribution in [0.15, 0.2) is 72.8 Å². The Morgan fingerprint density at radius 2 is 1.69 bits per heavy atom. The van der Waals surface area contributed by atoms with Crippen LogP contribution in [0.25, 0.3) is 11.0 Å². The third kappa shape index (κ3) is 4.12. The molecule has 0 fully saturated rings. The van der Waals surface area contributed by atoms with Gasteiger partial charge < -0.3 is 15.2 Å². The van der Waals surface area contributed by atoms with Gasteiger partial charge >= 0.3 is 0 Å². The Hall–Kier alpha value is -3.93. The molecular formula is C26H24N4O2. The molecule has 1 aromatic heterocycles. The number of hydrogen-bond acceptors (Lipinski definition) is 3. The highest BCUT2D eigenvalue weighted by atomic mass is 16.2. The molecule has 1 heterocycles. The van der Waals surface area contributed by atoms with E-state index in [0.717, 1.165) is 29.6 Å². The fourth-order valence-electron chi connectivity index (χ4n) is 4.28. The summed E-state index contributed by atoms with van der Waals surface area (Å²) in [6.45, 7) is 0.350. The van der Waals surface area contributed by atoms with Crippen molar-refractivity contribution < 1.29 is 9.59 Å². The van der Waals surface area contributed by atoms with Crippen LogP contribution < -0.4 is 10.6 Å². The number of anilines is 1. The predicted octanol–water partition coefficient (Wildman–Crippen LogP) is 4.09. The van der Waals surface area contributed by atoms with E-state index in [1.54, 1.807) is 12.1 Å². The van der Waals surface area contributed by atoms with Crippen molar-refractivity contribution in [2.75, 3.05) is 5.32 Å². The van der Waals surface area contributed by atoms with Crippen LogP contribution in [0.2, 0.25) is 0 Å². The van der Waals surface area contributed by atoms with Crippen molar-refractivity contribution in [1.29, 1.82) is 0 Å². The molecule has 4 aromatic rings. The lowest BCUT2D eigenvalue weighted by atomic mass is 10.1. The Labute approximate surface area is 186 Å². The number of amides is 2. The number of carbonyl (C=O) groups is 2. The van der Waals surface area contributed by atoms with E-state index in [-0.39, 0.29) is 24.9 Å². The van der Waals surface area contributed by atoms with E-state index < -0.39 is 0 Å². The second-order valence-electron chi connectivity index (χ2n) is 8.04. The Kier molecular flexibility index (Phi) is 5.42. The van der Waals surface area contributed by atoms with Gasteiger partial charge in [0.1, 0.15) is 12.4 Å². The number of benzene rings is 3. The molecule has 0 spiro atoms. The zero-order valence-electron chi connectivity index (χ0n) is 17.7. The standard InChI is InChI=1S/C26H24N4O2/c31-25(28-21-14-13-18-9-6-10-20(18)15-21)17-30-23-12-5-4-11-22(23)29-24(30)16-27-26(32)19-7-2-1-3-8-19/h1-5,7-8,11-15H,6,9-10,16-17H2,(H,27,32)(H,28,31). The summed E-state index contributed by atoms with van der Waals surface area (Å²) in [6.07, 6.45) is 3.35. The first-order valence-electron chi connectivity index (χ1n) is 10.9. The van der Waals surface area contributed by atoms with Crippen molar-refractivity contribution in [3.05, 3.63) is 95.3 Å². The Bertz CT molecular complexity index is 1290. The van der Waals surface area contributed by atoms with Crippen molar-refractivity contribution in [2.45, 2.75) is 32.4 Å². The highest BCUT2D eigenvalue weighted by Crippen LogP contribution is 2.25. The second kappa shape index (κ2) is 8.67. The molecule has 0 bridgehead atoms. The number of nitrogens with one attached hydrogen (secondary N) is 2. The van der Waals surface area contributed by atoms with Gasteiger partial charge in [-0.1, -0.05) is 36.4 Å². The number of hydrogen-bond donors (Lipinski definition) is 2. The first kappa shape index (κ1) is 20.0. The minimum Gasteiger partial charge on any atom is -0.345 e. The maximum atomic E-state index is 12.9. The summed E-state index contributed by atoms with van der Waals surface area (Å²) in [4.78, 5) is 30.0. The maximum Gasteiger partial charge on any atom is 0.251 e. The van der Waals surface area contributed by atoms with E-state index in [4.69, 9.17) is 0 Å². The van der Waals surface area contributed by atoms with E-state index >= 15 is 0 Å². The van der Waals surface area contributed by atoms with Crippen molar-refractivity contribution >= 4 is 28.5 Å². The summed E-state index contributed by atoms with van der Waals surface area (Å²) in [5, 5.41) is 5.93. The highest BCUT2D eigenvalue weighted by Gasteiger charge is 2.16. The summed E-state index contributed by atoms with van der Waals surface area (Å²) < 4.78 is 1.86. The van der Waals surface area contributed by atoms with E-state index in [9.17, 15) is 9.59 Å². The molecule has 3 aromatic carbocycles. The van der Waals surface area contributed by atoms with Crippen molar-refractivity contribution in [3.8, 4) is 0 Å². The van der Waals surface area contributed by atoms with Crippen molar-refractivity contribution in [1.82, 2.24) is 14.9 Å². The van der Waals surface area contributed by atoms with Gasteiger partial charge in [0.15, 0.2) is 0 Å². The predicted molar refractivity (Wildman–Crippen MR) is 124 cm³/mol. The van der Waals surface area contributed by atoms with Crippen LogP contribution in [0.5, 0.6) is 0 Å². The summed E-state index contributed by atoms with van der Waals surface area (Å²) in [6, 6.07) is 22.9. The normalized spacial score (nSPS) is 12.5. The fourth-order valence-corrected chi connectivity index (χ4v) is 4.28. The molecule has 1 aliphatic rings. The number of aromatic nitrogens is 2. The maximum absolute atomic E-state index is 12.9. The summed E-state index contributed by atoms with van der Waals surface area (Å²) in [5.41, 5.74) is 5.76. The molecule has 0 saturated heterocycles. The average Bonchev–Trinajstić information content (AvgIpc) is 3.42. The Morgan fingerprint density at radius 3 is 2.56 bits per heavy atom. The third-order valence-corrected chi connectivity index (χ3v) is 5.86. The monoisotopic (exact) mass is 424 g/mol. The van der Waals surface area contributed by atoms with Crippen LogP contribution in [0.3, 0.4) is 0 Å². The topological polar surface area (TPSA) is 76.0 Å². The zero-order valence-corrected chi connectivity index (χ0v) is 17.7. The quantitative estimate of drug-likeness (QED) is 0.489. The number of aryl methyl sites for hydroxylation is 2. The van der Waals surface area contributed by atoms with E-state index in [0.29, 0.717) is 11.4 Å². The summed E-state index contributed by atoms with van der Waals surface area (Å²) in [5.74, 6) is 0.341. The molecule has 2 amide bonds. The molecule has 0 unspecified atom stereocenters. The molecule has 6 heteroatoms. The number of rotatable bonds is 6. The van der Waals surface area contributed by atoms with E-state index in [1.165, 1.54) is 17.5 Å². The molecule has 0 saturated carbocycles. The molecule has 32 heavy (non-hydrogen) atoms. The molecule has 0 radical (unpaired) electrons. The van der Waals surface area contributed by atoms with E-state index in [2.05, 4.69) is 27.8 Å². The van der Waals surface area contributed by atoms with Gasteiger partial charge in [-0.3, -0.25) is 9.59 Å². The second-order valence-corrected chi connectivity index (χ2v) is 8.04. The van der Waals surface area contributed by atoms with Crippen LogP contribution in [-0.2, 0) is 30.7 Å². The van der Waals surface area contributed by atoms with Crippen LogP contribution in [0, 0.1) is 0 Å². The Balaban J connectivity index is 1.34. The number of fused-ring (bicyclic) bond motifs is 2. The van der Waals surface area contributed by atoms with Crippen molar-refractivity contribution in [2.24, 2.45) is 0 Å². The van der Waals surface area contributed by atoms with Gasteiger partial charge in [-0.25, -0.2) is 4.98 Å². The zero-order chi connectivity index (χ0) is 21.9. The first-order valence-corrected chi connectivity index (χ1v) is 10.9. The molecule has 5 rings (SSSR count). The lowest BCUT2D eigenvalue weighted by molar-refractivity contribution is -0.116. The average molecular weight is 425 g/mol. The third-order valence-electron chi connectivity index (χ3n) is 5.86. The Morgan fingerprint density at radius 1 is 0.906 bits per heavy atom. The van der Waals surface area contributed by atoms with Gasteiger partial charge in [0.25, 0.3) is 5.91 Å². The minimum atomic E-state index is -0.174. The molecule has 0 aliphatic heterocycles. The number of nitrogens with zero attached hydrogens (tertiary/aromatic N) is 2. The molecule has 0 atom stereocenters. The SMILES string of the molecule is O=C(Cn1c(CNC(=O)c2ccccc2)nc2ccccc21)Nc1ccc2c(c1)CCC2. The van der Waals surface area contributed by atoms with E-state index in [1.807, 2.05) is 53.1 Å². The smallest absolute Gasteiger partial charge is 0.251 e. The van der Waals surface area contributed by atoms with Gasteiger partial charge in [0, 0.05) is 11.3 Å². The van der Waals surface area contributed by atoms with Crippen LogP contribution >= 0.6 is 0 Å². The van der Waals surface area contributed by atoms with Crippen molar-refractivity contribution in [3.63, 3.8) is 0 Å². The highest BCUT2D eigenvalue weighted by molar-refractivity contribution is 5.94. The molecule has 160 valence electrons. The molecule has 2 N–H and O–H groups in total. The first-order chi connectivity index (χ1) is 15.7. The van der Waals surface area contributed by atoms with Gasteiger partial charge in [-0.2, -0.15) is 0 Å². The summed E-state index contributed by atoms with van der Waals surface area (Å²) in [7, 11) is 0. The van der Waals surface area contributed by atoms with Gasteiger partial charge in [-0.05, 0) is 66.8 Å². The lowest BCUT2D eigenvalue weighted by Gasteiger charge is -2.12. The summed E-state index contributed by atoms with van der Waals surface area (Å²) >= 11 is 0. The lowest BCUT2D eigenvalue weighted by Crippen LogP contribution is -2.26. The molecule has 1 aliphatic carbocycles. The van der Waals surface area contributed by atoms with Crippen LogP contribution in [-0.4, -0.2) is 21.4 Å². The number of carbonyl (C=O) groups excluding carboxylic acids is 2. The number of para-hydroxylation sites is 2. The molecular weight excluding hydrogens is 400 g/mol. The number of imidazole rings is 1. The fraction of sp³-hybridized carbons (Fsp3) is 0.192. The largest absolute Gasteiger partial charge is 0.345 e. The molecule has 6 nitrogen and oxygen atoms in total. The van der Waals surface area contributed by atoms with Gasteiger partial charge in [0.2, 0.25) is 5.91 Å².